The van der Waals surface area contributed by atoms with Gasteiger partial charge in [-0.15, -0.1) is 0 Å². The lowest BCUT2D eigenvalue weighted by Crippen LogP contribution is -2.14. The van der Waals surface area contributed by atoms with Gasteiger partial charge in [0.15, 0.2) is 0 Å². The number of hydrogen-bond donors (Lipinski definition) is 1. The second kappa shape index (κ2) is 5.46. The average molecular weight is 302 g/mol. The van der Waals surface area contributed by atoms with Gasteiger partial charge in [-0.2, -0.15) is 4.39 Å². The quantitative estimate of drug-likeness (QED) is 0.735. The van der Waals surface area contributed by atoms with Gasteiger partial charge in [0.05, 0.1) is 11.9 Å². The molecule has 2 heterocycles. The van der Waals surface area contributed by atoms with Gasteiger partial charge in [-0.25, -0.2) is 9.97 Å². The van der Waals surface area contributed by atoms with Crippen molar-refractivity contribution in [1.82, 2.24) is 9.97 Å². The standard InChI is InChI=1S/C15H9ClFN3O/c16-14-11-4-2-1-3-9(11)7-12(20-14)15(21)19-10-5-6-13(17)18-8-10/h1-8H,(H,19,21). The highest BCUT2D eigenvalue weighted by Crippen LogP contribution is 2.22. The van der Waals surface area contributed by atoms with Gasteiger partial charge >= 0.3 is 0 Å². The van der Waals surface area contributed by atoms with E-state index < -0.39 is 11.9 Å². The maximum Gasteiger partial charge on any atom is 0.274 e. The zero-order chi connectivity index (χ0) is 14.8. The molecule has 0 bridgehead atoms. The number of fused-ring (bicyclic) bond motifs is 1. The van der Waals surface area contributed by atoms with Crippen molar-refractivity contribution in [3.8, 4) is 0 Å². The van der Waals surface area contributed by atoms with Crippen molar-refractivity contribution in [2.45, 2.75) is 0 Å². The van der Waals surface area contributed by atoms with Crippen LogP contribution in [-0.4, -0.2) is 15.9 Å². The topological polar surface area (TPSA) is 54.9 Å². The van der Waals surface area contributed by atoms with Crippen LogP contribution in [-0.2, 0) is 0 Å². The normalized spacial score (nSPS) is 10.6. The van der Waals surface area contributed by atoms with Crippen LogP contribution in [0, 0.1) is 5.95 Å². The van der Waals surface area contributed by atoms with Gasteiger partial charge < -0.3 is 5.32 Å². The Morgan fingerprint density at radius 2 is 2.00 bits per heavy atom. The lowest BCUT2D eigenvalue weighted by molar-refractivity contribution is 0.102. The highest BCUT2D eigenvalue weighted by Gasteiger charge is 2.11. The van der Waals surface area contributed by atoms with Crippen LogP contribution >= 0.6 is 11.6 Å². The Balaban J connectivity index is 1.92. The lowest BCUT2D eigenvalue weighted by atomic mass is 10.1. The SMILES string of the molecule is O=C(Nc1ccc(F)nc1)c1cc2ccccc2c(Cl)n1. The molecule has 0 radical (unpaired) electrons. The van der Waals surface area contributed by atoms with Crippen molar-refractivity contribution in [3.63, 3.8) is 0 Å². The summed E-state index contributed by atoms with van der Waals surface area (Å²) in [6, 6.07) is 11.6. The van der Waals surface area contributed by atoms with Crippen LogP contribution in [0.5, 0.6) is 0 Å². The van der Waals surface area contributed by atoms with Gasteiger partial charge in [-0.05, 0) is 23.6 Å². The minimum atomic E-state index is -0.611. The molecule has 1 amide bonds. The fraction of sp³-hybridized carbons (Fsp3) is 0. The molecule has 21 heavy (non-hydrogen) atoms. The first-order chi connectivity index (χ1) is 10.1. The molecule has 0 fully saturated rings. The van der Waals surface area contributed by atoms with Gasteiger partial charge in [0, 0.05) is 5.39 Å². The van der Waals surface area contributed by atoms with E-state index in [-0.39, 0.29) is 10.8 Å². The molecule has 2 aromatic heterocycles. The molecule has 0 atom stereocenters. The number of pyridine rings is 2. The molecular formula is C15H9ClFN3O. The fourth-order valence-electron chi connectivity index (χ4n) is 1.92. The van der Waals surface area contributed by atoms with E-state index in [9.17, 15) is 9.18 Å². The Kier molecular flexibility index (Phi) is 3.50. The number of hydrogen-bond acceptors (Lipinski definition) is 3. The molecule has 3 aromatic rings. The number of nitrogens with one attached hydrogen (secondary N) is 1. The van der Waals surface area contributed by atoms with Gasteiger partial charge in [0.25, 0.3) is 5.91 Å². The summed E-state index contributed by atoms with van der Waals surface area (Å²) in [4.78, 5) is 19.7. The van der Waals surface area contributed by atoms with Crippen molar-refractivity contribution >= 4 is 34.0 Å². The molecule has 0 saturated carbocycles. The van der Waals surface area contributed by atoms with Crippen molar-refractivity contribution in [2.75, 3.05) is 5.32 Å². The molecule has 1 N–H and O–H groups in total. The molecule has 0 aliphatic rings. The summed E-state index contributed by atoms with van der Waals surface area (Å²) in [5.74, 6) is -1.05. The largest absolute Gasteiger partial charge is 0.319 e. The lowest BCUT2D eigenvalue weighted by Gasteiger charge is -2.06. The minimum absolute atomic E-state index is 0.183. The van der Waals surface area contributed by atoms with Crippen LogP contribution in [0.1, 0.15) is 10.5 Å². The zero-order valence-electron chi connectivity index (χ0n) is 10.7. The smallest absolute Gasteiger partial charge is 0.274 e. The van der Waals surface area contributed by atoms with Crippen LogP contribution < -0.4 is 5.32 Å². The number of benzene rings is 1. The number of carbonyl (C=O) groups excluding carboxylic acids is 1. The van der Waals surface area contributed by atoms with Gasteiger partial charge in [0.1, 0.15) is 10.8 Å². The Hall–Kier alpha value is -2.53. The average Bonchev–Trinajstić information content (AvgIpc) is 2.49. The highest BCUT2D eigenvalue weighted by molar-refractivity contribution is 6.34. The maximum absolute atomic E-state index is 12.7. The molecule has 0 aliphatic carbocycles. The van der Waals surface area contributed by atoms with Crippen LogP contribution in [0.2, 0.25) is 5.15 Å². The van der Waals surface area contributed by atoms with E-state index in [4.69, 9.17) is 11.6 Å². The number of halogens is 2. The number of anilines is 1. The molecule has 104 valence electrons. The van der Waals surface area contributed by atoms with E-state index in [1.807, 2.05) is 24.3 Å². The Morgan fingerprint density at radius 3 is 2.76 bits per heavy atom. The van der Waals surface area contributed by atoms with Crippen LogP contribution in [0.4, 0.5) is 10.1 Å². The van der Waals surface area contributed by atoms with Gasteiger partial charge in [0.2, 0.25) is 5.95 Å². The molecule has 0 unspecified atom stereocenters. The second-order valence-corrected chi connectivity index (χ2v) is 4.70. The molecule has 3 rings (SSSR count). The van der Waals surface area contributed by atoms with E-state index in [0.717, 1.165) is 16.8 Å². The molecule has 0 spiro atoms. The molecule has 4 nitrogen and oxygen atoms in total. The Labute approximate surface area is 124 Å². The zero-order valence-corrected chi connectivity index (χ0v) is 11.4. The first-order valence-electron chi connectivity index (χ1n) is 6.12. The third kappa shape index (κ3) is 2.83. The second-order valence-electron chi connectivity index (χ2n) is 4.34. The van der Waals surface area contributed by atoms with Crippen LogP contribution in [0.3, 0.4) is 0 Å². The van der Waals surface area contributed by atoms with Crippen molar-refractivity contribution in [1.29, 1.82) is 0 Å². The van der Waals surface area contributed by atoms with E-state index in [1.165, 1.54) is 12.3 Å². The summed E-state index contributed by atoms with van der Waals surface area (Å²) in [7, 11) is 0. The molecular weight excluding hydrogens is 293 g/mol. The third-order valence-corrected chi connectivity index (χ3v) is 3.20. The summed E-state index contributed by atoms with van der Waals surface area (Å²) in [6.07, 6.45) is 1.23. The van der Waals surface area contributed by atoms with Crippen molar-refractivity contribution in [2.24, 2.45) is 0 Å². The first kappa shape index (κ1) is 13.5. The molecule has 0 saturated heterocycles. The fourth-order valence-corrected chi connectivity index (χ4v) is 2.18. The number of aromatic nitrogens is 2. The van der Waals surface area contributed by atoms with Gasteiger partial charge in [-0.3, -0.25) is 4.79 Å². The minimum Gasteiger partial charge on any atom is -0.319 e. The van der Waals surface area contributed by atoms with Gasteiger partial charge in [-0.1, -0.05) is 35.9 Å². The predicted octanol–water partition coefficient (Wildman–Crippen LogP) is 3.67. The summed E-state index contributed by atoms with van der Waals surface area (Å²) >= 11 is 6.08. The molecule has 6 heteroatoms. The number of amides is 1. The van der Waals surface area contributed by atoms with E-state index in [0.29, 0.717) is 5.69 Å². The Morgan fingerprint density at radius 1 is 1.19 bits per heavy atom. The van der Waals surface area contributed by atoms with Crippen molar-refractivity contribution in [3.05, 3.63) is 65.5 Å². The highest BCUT2D eigenvalue weighted by atomic mass is 35.5. The maximum atomic E-state index is 12.7. The first-order valence-corrected chi connectivity index (χ1v) is 6.49. The summed E-state index contributed by atoms with van der Waals surface area (Å²) < 4.78 is 12.7. The van der Waals surface area contributed by atoms with E-state index in [1.54, 1.807) is 6.07 Å². The number of carbonyl (C=O) groups is 1. The van der Waals surface area contributed by atoms with E-state index in [2.05, 4.69) is 15.3 Å². The van der Waals surface area contributed by atoms with E-state index >= 15 is 0 Å². The summed E-state index contributed by atoms with van der Waals surface area (Å²) in [6.45, 7) is 0. The third-order valence-electron chi connectivity index (χ3n) is 2.91. The monoisotopic (exact) mass is 301 g/mol. The Bertz CT molecular complexity index is 821. The summed E-state index contributed by atoms with van der Waals surface area (Å²) in [5, 5.41) is 4.44. The van der Waals surface area contributed by atoms with Crippen LogP contribution in [0.15, 0.2) is 48.7 Å². The molecule has 1 aromatic carbocycles. The predicted molar refractivity (Wildman–Crippen MR) is 78.9 cm³/mol. The number of nitrogens with zero attached hydrogens (tertiary/aromatic N) is 2. The summed E-state index contributed by atoms with van der Waals surface area (Å²) in [5.41, 5.74) is 0.565. The van der Waals surface area contributed by atoms with Crippen LogP contribution in [0.25, 0.3) is 10.8 Å². The molecule has 0 aliphatic heterocycles. The van der Waals surface area contributed by atoms with Crippen molar-refractivity contribution < 1.29 is 9.18 Å². The number of rotatable bonds is 2.